The predicted molar refractivity (Wildman–Crippen MR) is 80.0 cm³/mol. The zero-order valence-corrected chi connectivity index (χ0v) is 13.1. The highest BCUT2D eigenvalue weighted by Gasteiger charge is 2.30. The van der Waals surface area contributed by atoms with E-state index in [0.717, 1.165) is 17.7 Å². The standard InChI is InChI=1S/C14H19NO3S2/c1-9-2-3-12-10(6-9)7-13(19-12)14(16)15-11-4-5-20(17,18)8-11/h7,9,11H,2-6,8H2,1H3,(H,15,16). The molecule has 2 atom stereocenters. The van der Waals surface area contributed by atoms with Crippen LogP contribution in [0.3, 0.4) is 0 Å². The van der Waals surface area contributed by atoms with Crippen LogP contribution in [0.4, 0.5) is 0 Å². The van der Waals surface area contributed by atoms with Crippen LogP contribution in [-0.2, 0) is 22.7 Å². The SMILES string of the molecule is CC1CCc2sc(C(=O)NC3CCS(=O)(=O)C3)cc2C1. The number of amides is 1. The Balaban J connectivity index is 1.69. The highest BCUT2D eigenvalue weighted by molar-refractivity contribution is 7.91. The van der Waals surface area contributed by atoms with E-state index in [-0.39, 0.29) is 23.5 Å². The van der Waals surface area contributed by atoms with Gasteiger partial charge in [0.05, 0.1) is 16.4 Å². The van der Waals surface area contributed by atoms with Crippen LogP contribution in [0.2, 0.25) is 0 Å². The second kappa shape index (κ2) is 5.15. The Labute approximate surface area is 123 Å². The molecule has 6 heteroatoms. The molecule has 2 aliphatic rings. The Kier molecular flexibility index (Phi) is 3.62. The van der Waals surface area contributed by atoms with Gasteiger partial charge < -0.3 is 5.32 Å². The van der Waals surface area contributed by atoms with Gasteiger partial charge in [0, 0.05) is 10.9 Å². The van der Waals surface area contributed by atoms with Crippen LogP contribution in [0.25, 0.3) is 0 Å². The van der Waals surface area contributed by atoms with E-state index in [1.165, 1.54) is 16.9 Å². The molecule has 4 nitrogen and oxygen atoms in total. The lowest BCUT2D eigenvalue weighted by Crippen LogP contribution is -2.35. The van der Waals surface area contributed by atoms with E-state index in [2.05, 4.69) is 12.2 Å². The lowest BCUT2D eigenvalue weighted by Gasteiger charge is -2.16. The summed E-state index contributed by atoms with van der Waals surface area (Å²) in [5.41, 5.74) is 1.30. The van der Waals surface area contributed by atoms with Crippen molar-refractivity contribution in [1.82, 2.24) is 5.32 Å². The molecular formula is C14H19NO3S2. The summed E-state index contributed by atoms with van der Waals surface area (Å²) in [7, 11) is -2.94. The third-order valence-corrected chi connectivity index (χ3v) is 7.12. The monoisotopic (exact) mass is 313 g/mol. The van der Waals surface area contributed by atoms with E-state index in [0.29, 0.717) is 12.3 Å². The van der Waals surface area contributed by atoms with Crippen molar-refractivity contribution in [2.75, 3.05) is 11.5 Å². The van der Waals surface area contributed by atoms with Gasteiger partial charge in [-0.3, -0.25) is 4.79 Å². The number of fused-ring (bicyclic) bond motifs is 1. The van der Waals surface area contributed by atoms with Crippen molar-refractivity contribution in [2.24, 2.45) is 5.92 Å². The Bertz CT molecular complexity index is 633. The van der Waals surface area contributed by atoms with Gasteiger partial charge in [0.15, 0.2) is 9.84 Å². The zero-order chi connectivity index (χ0) is 14.3. The molecule has 110 valence electrons. The van der Waals surface area contributed by atoms with Crippen molar-refractivity contribution in [1.29, 1.82) is 0 Å². The zero-order valence-electron chi connectivity index (χ0n) is 11.5. The summed E-state index contributed by atoms with van der Waals surface area (Å²) < 4.78 is 22.8. The Morgan fingerprint density at radius 2 is 2.20 bits per heavy atom. The van der Waals surface area contributed by atoms with Crippen molar-refractivity contribution in [3.8, 4) is 0 Å². The molecule has 3 rings (SSSR count). The van der Waals surface area contributed by atoms with Crippen LogP contribution in [0.15, 0.2) is 6.07 Å². The number of hydrogen-bond donors (Lipinski definition) is 1. The molecule has 1 aromatic heterocycles. The fourth-order valence-electron chi connectivity index (χ4n) is 2.98. The molecule has 1 N–H and O–H groups in total. The van der Waals surface area contributed by atoms with Crippen molar-refractivity contribution in [3.63, 3.8) is 0 Å². The molecule has 0 aromatic carbocycles. The van der Waals surface area contributed by atoms with Gasteiger partial charge in [0.1, 0.15) is 0 Å². The average Bonchev–Trinajstić information content (AvgIpc) is 2.92. The van der Waals surface area contributed by atoms with Crippen LogP contribution in [-0.4, -0.2) is 31.9 Å². The molecule has 1 fully saturated rings. The fraction of sp³-hybridized carbons (Fsp3) is 0.643. The molecule has 1 aliphatic heterocycles. The molecule has 1 saturated heterocycles. The number of nitrogens with one attached hydrogen (secondary N) is 1. The first-order valence-electron chi connectivity index (χ1n) is 7.06. The Morgan fingerprint density at radius 3 is 2.90 bits per heavy atom. The van der Waals surface area contributed by atoms with E-state index in [9.17, 15) is 13.2 Å². The van der Waals surface area contributed by atoms with Crippen molar-refractivity contribution in [2.45, 2.75) is 38.6 Å². The molecule has 2 unspecified atom stereocenters. The molecule has 0 saturated carbocycles. The van der Waals surface area contributed by atoms with Crippen molar-refractivity contribution < 1.29 is 13.2 Å². The molecule has 0 radical (unpaired) electrons. The summed E-state index contributed by atoms with van der Waals surface area (Å²) in [6.07, 6.45) is 3.84. The first kappa shape index (κ1) is 14.1. The highest BCUT2D eigenvalue weighted by Crippen LogP contribution is 2.32. The third-order valence-electron chi connectivity index (χ3n) is 4.12. The number of carbonyl (C=O) groups excluding carboxylic acids is 1. The van der Waals surface area contributed by atoms with E-state index in [4.69, 9.17) is 0 Å². The third kappa shape index (κ3) is 2.91. The molecule has 1 amide bonds. The maximum Gasteiger partial charge on any atom is 0.261 e. The topological polar surface area (TPSA) is 63.2 Å². The summed E-state index contributed by atoms with van der Waals surface area (Å²) in [6, 6.07) is 1.78. The summed E-state index contributed by atoms with van der Waals surface area (Å²) in [6.45, 7) is 2.24. The molecule has 0 bridgehead atoms. The van der Waals surface area contributed by atoms with Crippen LogP contribution in [0.1, 0.15) is 39.9 Å². The predicted octanol–water partition coefficient (Wildman–Crippen LogP) is 1.79. The minimum absolute atomic E-state index is 0.0842. The van der Waals surface area contributed by atoms with E-state index in [1.54, 1.807) is 11.3 Å². The summed E-state index contributed by atoms with van der Waals surface area (Å²) in [5, 5.41) is 2.86. The van der Waals surface area contributed by atoms with Gasteiger partial charge in [0.2, 0.25) is 0 Å². The molecule has 20 heavy (non-hydrogen) atoms. The maximum absolute atomic E-state index is 12.2. The number of aryl methyl sites for hydroxylation is 1. The minimum atomic E-state index is -2.94. The molecule has 1 aromatic rings. The smallest absolute Gasteiger partial charge is 0.261 e. The second-order valence-corrected chi connectivity index (χ2v) is 9.35. The number of carbonyl (C=O) groups is 1. The van der Waals surface area contributed by atoms with Crippen LogP contribution < -0.4 is 5.32 Å². The molecule has 1 aliphatic carbocycles. The number of rotatable bonds is 2. The van der Waals surface area contributed by atoms with Gasteiger partial charge in [-0.2, -0.15) is 0 Å². The lowest BCUT2D eigenvalue weighted by atomic mass is 9.90. The second-order valence-electron chi connectivity index (χ2n) is 5.98. The molecule has 0 spiro atoms. The quantitative estimate of drug-likeness (QED) is 0.905. The summed E-state index contributed by atoms with van der Waals surface area (Å²) >= 11 is 1.57. The first-order valence-corrected chi connectivity index (χ1v) is 9.69. The van der Waals surface area contributed by atoms with E-state index in [1.807, 2.05) is 6.07 Å². The van der Waals surface area contributed by atoms with Crippen LogP contribution in [0, 0.1) is 5.92 Å². The number of hydrogen-bond acceptors (Lipinski definition) is 4. The van der Waals surface area contributed by atoms with Gasteiger partial charge in [-0.1, -0.05) is 6.92 Å². The van der Waals surface area contributed by atoms with Gasteiger partial charge >= 0.3 is 0 Å². The Morgan fingerprint density at radius 1 is 1.40 bits per heavy atom. The highest BCUT2D eigenvalue weighted by atomic mass is 32.2. The fourth-order valence-corrected chi connectivity index (χ4v) is 5.77. The average molecular weight is 313 g/mol. The first-order chi connectivity index (χ1) is 9.43. The largest absolute Gasteiger partial charge is 0.348 e. The summed E-state index contributed by atoms with van der Waals surface area (Å²) in [4.78, 5) is 14.3. The molecular weight excluding hydrogens is 294 g/mol. The lowest BCUT2D eigenvalue weighted by molar-refractivity contribution is 0.0945. The van der Waals surface area contributed by atoms with Gasteiger partial charge in [-0.05, 0) is 43.2 Å². The Hall–Kier alpha value is -0.880. The van der Waals surface area contributed by atoms with Gasteiger partial charge in [0.25, 0.3) is 5.91 Å². The van der Waals surface area contributed by atoms with E-state index >= 15 is 0 Å². The number of thiophene rings is 1. The van der Waals surface area contributed by atoms with E-state index < -0.39 is 9.84 Å². The van der Waals surface area contributed by atoms with Crippen LogP contribution >= 0.6 is 11.3 Å². The normalized spacial score (nSPS) is 28.1. The molecule has 2 heterocycles. The van der Waals surface area contributed by atoms with Gasteiger partial charge in [-0.15, -0.1) is 11.3 Å². The van der Waals surface area contributed by atoms with Crippen molar-refractivity contribution >= 4 is 27.1 Å². The minimum Gasteiger partial charge on any atom is -0.348 e. The maximum atomic E-state index is 12.2. The van der Waals surface area contributed by atoms with Gasteiger partial charge in [-0.25, -0.2) is 8.42 Å². The number of sulfone groups is 1. The van der Waals surface area contributed by atoms with Crippen LogP contribution in [0.5, 0.6) is 0 Å². The van der Waals surface area contributed by atoms with Crippen molar-refractivity contribution in [3.05, 3.63) is 21.4 Å². The summed E-state index contributed by atoms with van der Waals surface area (Å²) in [5.74, 6) is 0.851.